The van der Waals surface area contributed by atoms with Crippen LogP contribution in [0, 0.1) is 5.21 Å². The number of hydrogen-bond donors (Lipinski definition) is 1. The standard InChI is InChI=1S/C39H42F3N5O7/c1-24(44(6)37(51)54-38(3,4)5)19-43-30-21-46(35(49)27-17-15-26(16-18-27)25(2)48)33-14-10-9-13-32(33)45(36(30)50)20-29-28-11-7-8-12-31(28)47(52)22-34(29)53-23-39(40,41)42/h7-18,22,24,30,43H,19-21,23H2,1-6H3/t24-,30-/m0/s1. The van der Waals surface area contributed by atoms with Crippen molar-refractivity contribution in [1.29, 1.82) is 0 Å². The number of para-hydroxylation sites is 3. The minimum absolute atomic E-state index is 0.0794. The van der Waals surface area contributed by atoms with Crippen LogP contribution in [-0.4, -0.2) is 79.2 Å². The molecule has 0 fully saturated rings. The number of carbonyl (C=O) groups excluding carboxylic acids is 4. The number of hydrogen-bond acceptors (Lipinski definition) is 8. The molecular formula is C39H42F3N5O7. The van der Waals surface area contributed by atoms with E-state index >= 15 is 0 Å². The van der Waals surface area contributed by atoms with Crippen molar-refractivity contribution in [3.63, 3.8) is 0 Å². The van der Waals surface area contributed by atoms with E-state index in [0.29, 0.717) is 16.0 Å². The summed E-state index contributed by atoms with van der Waals surface area (Å²) in [5.74, 6) is -1.57. The van der Waals surface area contributed by atoms with Crippen molar-refractivity contribution in [3.05, 3.63) is 101 Å². The van der Waals surface area contributed by atoms with E-state index in [0.717, 1.165) is 6.20 Å². The van der Waals surface area contributed by atoms with Crippen molar-refractivity contribution in [3.8, 4) is 5.75 Å². The van der Waals surface area contributed by atoms with Crippen molar-refractivity contribution >= 4 is 46.0 Å². The maximum Gasteiger partial charge on any atom is 0.422 e. The molecule has 1 aromatic heterocycles. The lowest BCUT2D eigenvalue weighted by molar-refractivity contribution is -0.577. The van der Waals surface area contributed by atoms with E-state index in [1.807, 2.05) is 0 Å². The normalized spacial score (nSPS) is 15.4. The number of rotatable bonds is 10. The molecule has 0 saturated carbocycles. The van der Waals surface area contributed by atoms with E-state index in [2.05, 4.69) is 5.32 Å². The van der Waals surface area contributed by atoms with Crippen molar-refractivity contribution in [2.45, 2.75) is 65.0 Å². The van der Waals surface area contributed by atoms with Gasteiger partial charge in [0.15, 0.2) is 18.1 Å². The van der Waals surface area contributed by atoms with Gasteiger partial charge in [-0.1, -0.05) is 36.4 Å². The zero-order valence-corrected chi connectivity index (χ0v) is 30.8. The lowest BCUT2D eigenvalue weighted by Gasteiger charge is -2.31. The maximum atomic E-state index is 14.8. The van der Waals surface area contributed by atoms with Gasteiger partial charge in [0.05, 0.1) is 29.9 Å². The zero-order valence-electron chi connectivity index (χ0n) is 30.8. The van der Waals surface area contributed by atoms with E-state index in [1.54, 1.807) is 77.2 Å². The lowest BCUT2D eigenvalue weighted by Crippen LogP contribution is -2.54. The SMILES string of the molecule is CC(=O)c1ccc(C(=O)N2C[C@H](NC[C@H](C)N(C)C(=O)OC(C)(C)C)C(=O)N(Cc3c(OCC(F)(F)F)c[n+]([O-])c4ccccc34)c3ccccc32)cc1. The van der Waals surface area contributed by atoms with Crippen LogP contribution in [0.1, 0.15) is 60.9 Å². The Balaban J connectivity index is 1.59. The number of alkyl halides is 3. The quantitative estimate of drug-likeness (QED) is 0.118. The number of fused-ring (bicyclic) bond motifs is 2. The Morgan fingerprint density at radius 3 is 2.22 bits per heavy atom. The molecule has 2 heterocycles. The average Bonchev–Trinajstić information content (AvgIpc) is 3.23. The van der Waals surface area contributed by atoms with Gasteiger partial charge >= 0.3 is 12.3 Å². The first-order chi connectivity index (χ1) is 25.3. The van der Waals surface area contributed by atoms with Crippen LogP contribution in [0.2, 0.25) is 0 Å². The van der Waals surface area contributed by atoms with Crippen molar-refractivity contribution in [2.24, 2.45) is 0 Å². The summed E-state index contributed by atoms with van der Waals surface area (Å²) >= 11 is 0. The highest BCUT2D eigenvalue weighted by Crippen LogP contribution is 2.37. The van der Waals surface area contributed by atoms with Crippen LogP contribution in [0.15, 0.2) is 79.0 Å². The number of aromatic nitrogens is 1. The number of nitrogens with zero attached hydrogens (tertiary/aromatic N) is 4. The molecule has 15 heteroatoms. The summed E-state index contributed by atoms with van der Waals surface area (Å²) in [6, 6.07) is 17.4. The second-order valence-corrected chi connectivity index (χ2v) is 14.1. The Kier molecular flexibility index (Phi) is 11.5. The van der Waals surface area contributed by atoms with E-state index in [4.69, 9.17) is 9.47 Å². The van der Waals surface area contributed by atoms with Crippen LogP contribution in [0.3, 0.4) is 0 Å². The second-order valence-electron chi connectivity index (χ2n) is 14.1. The largest absolute Gasteiger partial charge is 0.618 e. The molecule has 5 rings (SSSR count). The predicted octanol–water partition coefficient (Wildman–Crippen LogP) is 6.02. The summed E-state index contributed by atoms with van der Waals surface area (Å²) in [7, 11) is 1.56. The van der Waals surface area contributed by atoms with Gasteiger partial charge in [-0.2, -0.15) is 17.9 Å². The van der Waals surface area contributed by atoms with Crippen LogP contribution < -0.4 is 24.6 Å². The topological polar surface area (TPSA) is 135 Å². The third-order valence-corrected chi connectivity index (χ3v) is 8.88. The third-order valence-electron chi connectivity index (χ3n) is 8.88. The number of likely N-dealkylation sites (N-methyl/N-ethyl adjacent to an activating group) is 1. The molecule has 12 nitrogen and oxygen atoms in total. The number of ketones is 1. The molecule has 1 aliphatic rings. The van der Waals surface area contributed by atoms with Crippen LogP contribution >= 0.6 is 0 Å². The fraction of sp³-hybridized carbons (Fsp3) is 0.359. The molecular weight excluding hydrogens is 707 g/mol. The van der Waals surface area contributed by atoms with E-state index in [1.165, 1.54) is 52.0 Å². The molecule has 1 N–H and O–H groups in total. The fourth-order valence-corrected chi connectivity index (χ4v) is 5.97. The van der Waals surface area contributed by atoms with Gasteiger partial charge in [-0.15, -0.1) is 0 Å². The number of benzene rings is 3. The number of nitrogens with one attached hydrogen (secondary N) is 1. The summed E-state index contributed by atoms with van der Waals surface area (Å²) in [5, 5.41) is 16.4. The number of ether oxygens (including phenoxy) is 2. The molecule has 2 atom stereocenters. The van der Waals surface area contributed by atoms with Crippen molar-refractivity contribution in [2.75, 3.05) is 36.5 Å². The molecule has 0 bridgehead atoms. The molecule has 0 aliphatic carbocycles. The fourth-order valence-electron chi connectivity index (χ4n) is 5.97. The Bertz CT molecular complexity index is 2050. The van der Waals surface area contributed by atoms with Gasteiger partial charge in [0.25, 0.3) is 5.91 Å². The molecule has 3 aromatic carbocycles. The Labute approximate surface area is 310 Å². The summed E-state index contributed by atoms with van der Waals surface area (Å²) in [6.07, 6.45) is -4.40. The van der Waals surface area contributed by atoms with Gasteiger partial charge in [0.1, 0.15) is 11.6 Å². The van der Waals surface area contributed by atoms with Gasteiger partial charge in [-0.05, 0) is 65.0 Å². The highest BCUT2D eigenvalue weighted by Gasteiger charge is 2.38. The molecule has 3 amide bonds. The smallest absolute Gasteiger partial charge is 0.422 e. The van der Waals surface area contributed by atoms with Gasteiger partial charge in [-0.25, -0.2) is 4.79 Å². The Morgan fingerprint density at radius 1 is 0.981 bits per heavy atom. The number of amides is 3. The van der Waals surface area contributed by atoms with Crippen LogP contribution in [0.5, 0.6) is 5.75 Å². The molecule has 0 saturated heterocycles. The molecule has 0 radical (unpaired) electrons. The minimum Gasteiger partial charge on any atom is -0.618 e. The monoisotopic (exact) mass is 749 g/mol. The first-order valence-electron chi connectivity index (χ1n) is 17.2. The third kappa shape index (κ3) is 9.08. The van der Waals surface area contributed by atoms with Crippen LogP contribution in [-0.2, 0) is 16.1 Å². The Hall–Kier alpha value is -5.70. The summed E-state index contributed by atoms with van der Waals surface area (Å²) in [6.45, 7) is 6.25. The molecule has 0 unspecified atom stereocenters. The molecule has 0 spiro atoms. The molecule has 1 aliphatic heterocycles. The highest BCUT2D eigenvalue weighted by molar-refractivity contribution is 6.12. The average molecular weight is 750 g/mol. The first kappa shape index (κ1) is 39.5. The molecule has 54 heavy (non-hydrogen) atoms. The summed E-state index contributed by atoms with van der Waals surface area (Å²) in [4.78, 5) is 58.0. The zero-order chi connectivity index (χ0) is 39.5. The highest BCUT2D eigenvalue weighted by atomic mass is 19.4. The van der Waals surface area contributed by atoms with Crippen molar-refractivity contribution in [1.82, 2.24) is 10.2 Å². The number of carbonyl (C=O) groups is 4. The predicted molar refractivity (Wildman–Crippen MR) is 195 cm³/mol. The number of pyridine rings is 1. The summed E-state index contributed by atoms with van der Waals surface area (Å²) < 4.78 is 51.3. The number of anilines is 2. The van der Waals surface area contributed by atoms with Gasteiger partial charge in [-0.3, -0.25) is 14.4 Å². The maximum absolute atomic E-state index is 14.8. The van der Waals surface area contributed by atoms with E-state index in [9.17, 15) is 37.6 Å². The summed E-state index contributed by atoms with van der Waals surface area (Å²) in [5.41, 5.74) is 0.773. The number of Topliss-reactive ketones (excluding diaryl/α,β-unsaturated/α-hetero) is 1. The van der Waals surface area contributed by atoms with Gasteiger partial charge < -0.3 is 34.7 Å². The van der Waals surface area contributed by atoms with Gasteiger partial charge in [0.2, 0.25) is 17.6 Å². The molecule has 4 aromatic rings. The van der Waals surface area contributed by atoms with E-state index in [-0.39, 0.29) is 58.9 Å². The second kappa shape index (κ2) is 15.7. The molecule has 286 valence electrons. The Morgan fingerprint density at radius 2 is 1.59 bits per heavy atom. The minimum atomic E-state index is -4.72. The van der Waals surface area contributed by atoms with Crippen LogP contribution in [0.4, 0.5) is 29.3 Å². The lowest BCUT2D eigenvalue weighted by atomic mass is 10.1. The number of halogens is 3. The van der Waals surface area contributed by atoms with Crippen molar-refractivity contribution < 1.29 is 46.6 Å². The van der Waals surface area contributed by atoms with Crippen LogP contribution in [0.25, 0.3) is 10.9 Å². The van der Waals surface area contributed by atoms with Gasteiger partial charge in [0, 0.05) is 42.4 Å². The first-order valence-corrected chi connectivity index (χ1v) is 17.2. The van der Waals surface area contributed by atoms with E-state index < -0.39 is 48.4 Å².